The van der Waals surface area contributed by atoms with E-state index in [9.17, 15) is 9.18 Å². The van der Waals surface area contributed by atoms with Crippen molar-refractivity contribution < 1.29 is 19.0 Å². The van der Waals surface area contributed by atoms with Crippen LogP contribution in [0.5, 0.6) is 5.75 Å². The molecule has 1 atom stereocenters. The minimum atomic E-state index is -1.64. The van der Waals surface area contributed by atoms with Crippen LogP contribution in [0.25, 0.3) is 0 Å². The number of nitrogens with zero attached hydrogens (tertiary/aromatic N) is 1. The number of rotatable bonds is 9. The predicted octanol–water partition coefficient (Wildman–Crippen LogP) is 7.51. The molecule has 0 amide bonds. The molecule has 1 unspecified atom stereocenters. The first kappa shape index (κ1) is 24.5. The molecule has 2 aromatic rings. The summed E-state index contributed by atoms with van der Waals surface area (Å²) in [6, 6.07) is 14.4. The third-order valence-electron chi connectivity index (χ3n) is 5.94. The van der Waals surface area contributed by atoms with Crippen LogP contribution in [-0.4, -0.2) is 29.6 Å². The lowest BCUT2D eigenvalue weighted by Crippen LogP contribution is -2.35. The second-order valence-electron chi connectivity index (χ2n) is 8.03. The van der Waals surface area contributed by atoms with Crippen LogP contribution in [0.1, 0.15) is 39.5 Å². The van der Waals surface area contributed by atoms with E-state index in [0.29, 0.717) is 12.0 Å². The van der Waals surface area contributed by atoms with E-state index in [1.54, 1.807) is 11.8 Å². The Hall–Kier alpha value is -2.12. The van der Waals surface area contributed by atoms with E-state index in [1.165, 1.54) is 24.6 Å². The molecule has 172 valence electrons. The zero-order valence-electron chi connectivity index (χ0n) is 18.8. The van der Waals surface area contributed by atoms with Gasteiger partial charge in [0, 0.05) is 22.9 Å². The summed E-state index contributed by atoms with van der Waals surface area (Å²) >= 11 is 3.29. The van der Waals surface area contributed by atoms with Gasteiger partial charge >= 0.3 is 5.97 Å². The van der Waals surface area contributed by atoms with E-state index in [-0.39, 0.29) is 5.41 Å². The maximum Gasteiger partial charge on any atom is 0.368 e. The number of hydrogen-bond acceptors (Lipinski definition) is 5. The van der Waals surface area contributed by atoms with Gasteiger partial charge in [0.05, 0.1) is 10.6 Å². The van der Waals surface area contributed by atoms with Gasteiger partial charge in [-0.25, -0.2) is 4.79 Å². The number of aliphatic carboxylic acids is 1. The molecule has 2 aromatic carbocycles. The molecular weight excluding hydrogens is 445 g/mol. The molecule has 1 aliphatic rings. The maximum atomic E-state index is 13.5. The molecule has 0 saturated heterocycles. The van der Waals surface area contributed by atoms with Gasteiger partial charge in [-0.05, 0) is 48.8 Å². The Morgan fingerprint density at radius 1 is 1.31 bits per heavy atom. The molecule has 0 fully saturated rings. The highest BCUT2D eigenvalue weighted by Crippen LogP contribution is 2.49. The fourth-order valence-corrected chi connectivity index (χ4v) is 5.85. The van der Waals surface area contributed by atoms with Crippen molar-refractivity contribution in [3.05, 3.63) is 54.6 Å². The topological polar surface area (TPSA) is 49.8 Å². The van der Waals surface area contributed by atoms with Gasteiger partial charge in [-0.3, -0.25) is 0 Å². The summed E-state index contributed by atoms with van der Waals surface area (Å²) in [5, 5.41) is 8.79. The van der Waals surface area contributed by atoms with Crippen LogP contribution in [0.3, 0.4) is 0 Å². The first-order valence-electron chi connectivity index (χ1n) is 10.9. The average Bonchev–Trinajstić information content (AvgIpc) is 2.98. The predicted molar refractivity (Wildman–Crippen MR) is 132 cm³/mol. The molecule has 0 radical (unpaired) electrons. The number of halogens is 1. The number of benzene rings is 2. The second kappa shape index (κ2) is 11.1. The smallest absolute Gasteiger partial charge is 0.368 e. The SMILES string of the molecule is CCCCC1(CC)CSc2cc(O/C=C(\F)C(=O)O)c(SC)cc2N(c2ccccc2)C1. The molecule has 1 aliphatic heterocycles. The van der Waals surface area contributed by atoms with Crippen molar-refractivity contribution in [2.45, 2.75) is 49.3 Å². The highest BCUT2D eigenvalue weighted by Gasteiger charge is 2.35. The van der Waals surface area contributed by atoms with Crippen molar-refractivity contribution in [2.24, 2.45) is 5.41 Å². The zero-order chi connectivity index (χ0) is 23.1. The first-order chi connectivity index (χ1) is 15.4. The van der Waals surface area contributed by atoms with Crippen LogP contribution in [0.2, 0.25) is 0 Å². The number of carboxylic acids is 1. The lowest BCUT2D eigenvalue weighted by Gasteiger charge is -2.37. The van der Waals surface area contributed by atoms with Gasteiger partial charge in [0.25, 0.3) is 0 Å². The normalized spacial score (nSPS) is 18.8. The maximum absolute atomic E-state index is 13.5. The first-order valence-corrected chi connectivity index (χ1v) is 13.1. The minimum Gasteiger partial charge on any atom is -0.476 e. The highest BCUT2D eigenvalue weighted by atomic mass is 32.2. The Morgan fingerprint density at radius 3 is 2.69 bits per heavy atom. The van der Waals surface area contributed by atoms with E-state index in [4.69, 9.17) is 9.84 Å². The molecule has 0 saturated carbocycles. The molecule has 7 heteroatoms. The Morgan fingerprint density at radius 2 is 2.06 bits per heavy atom. The number of anilines is 2. The van der Waals surface area contributed by atoms with Gasteiger partial charge < -0.3 is 14.7 Å². The van der Waals surface area contributed by atoms with Gasteiger partial charge in [0.15, 0.2) is 0 Å². The molecule has 0 aliphatic carbocycles. The van der Waals surface area contributed by atoms with Crippen LogP contribution in [-0.2, 0) is 4.79 Å². The van der Waals surface area contributed by atoms with E-state index >= 15 is 0 Å². The fourth-order valence-electron chi connectivity index (χ4n) is 3.90. The zero-order valence-corrected chi connectivity index (χ0v) is 20.4. The molecule has 1 N–H and O–H groups in total. The van der Waals surface area contributed by atoms with Gasteiger partial charge in [-0.1, -0.05) is 44.9 Å². The average molecular weight is 476 g/mol. The Kier molecular flexibility index (Phi) is 8.54. The van der Waals surface area contributed by atoms with Gasteiger partial charge in [-0.2, -0.15) is 4.39 Å². The van der Waals surface area contributed by atoms with Crippen molar-refractivity contribution in [1.82, 2.24) is 0 Å². The summed E-state index contributed by atoms with van der Waals surface area (Å²) < 4.78 is 19.0. The molecule has 3 rings (SSSR count). The number of carbonyl (C=O) groups is 1. The summed E-state index contributed by atoms with van der Waals surface area (Å²) in [7, 11) is 0. The molecule has 1 heterocycles. The van der Waals surface area contributed by atoms with Crippen LogP contribution < -0.4 is 9.64 Å². The van der Waals surface area contributed by atoms with Crippen molar-refractivity contribution in [2.75, 3.05) is 23.5 Å². The lowest BCUT2D eigenvalue weighted by atomic mass is 9.81. The lowest BCUT2D eigenvalue weighted by molar-refractivity contribution is -0.134. The van der Waals surface area contributed by atoms with E-state index in [0.717, 1.165) is 46.3 Å². The number of ether oxygens (including phenoxy) is 1. The number of fused-ring (bicyclic) bond motifs is 1. The number of carboxylic acid groups (broad SMARTS) is 1. The van der Waals surface area contributed by atoms with E-state index in [1.807, 2.05) is 18.4 Å². The van der Waals surface area contributed by atoms with Crippen LogP contribution in [0.15, 0.2) is 64.3 Å². The van der Waals surface area contributed by atoms with E-state index in [2.05, 4.69) is 49.1 Å². The van der Waals surface area contributed by atoms with Crippen LogP contribution in [0, 0.1) is 5.41 Å². The van der Waals surface area contributed by atoms with Gasteiger partial charge in [0.2, 0.25) is 5.83 Å². The Balaban J connectivity index is 2.08. The second-order valence-corrected chi connectivity index (χ2v) is 9.89. The summed E-state index contributed by atoms with van der Waals surface area (Å²) in [5.41, 5.74) is 2.42. The van der Waals surface area contributed by atoms with Crippen molar-refractivity contribution in [3.63, 3.8) is 0 Å². The van der Waals surface area contributed by atoms with Crippen molar-refractivity contribution in [1.29, 1.82) is 0 Å². The largest absolute Gasteiger partial charge is 0.476 e. The number of para-hydroxylation sites is 1. The van der Waals surface area contributed by atoms with Crippen LogP contribution in [0.4, 0.5) is 15.8 Å². The summed E-state index contributed by atoms with van der Waals surface area (Å²) in [4.78, 5) is 15.1. The third-order valence-corrected chi connectivity index (χ3v) is 8.09. The van der Waals surface area contributed by atoms with Gasteiger partial charge in [0.1, 0.15) is 12.0 Å². The molecular formula is C25H30FNO3S2. The molecule has 4 nitrogen and oxygen atoms in total. The molecule has 0 aromatic heterocycles. The van der Waals surface area contributed by atoms with E-state index < -0.39 is 11.8 Å². The molecule has 32 heavy (non-hydrogen) atoms. The number of hydrogen-bond donors (Lipinski definition) is 1. The quantitative estimate of drug-likeness (QED) is 0.230. The standard InChI is InChI=1S/C25H30FNO3S2/c1-4-6-12-25(5-2)16-27(18-10-8-7-9-11-18)20-13-23(31-3)21(14-22(20)32-17-25)30-15-19(26)24(28)29/h7-11,13-15H,4-6,12,16-17H2,1-3H3,(H,28,29)/b19-15-. The summed E-state index contributed by atoms with van der Waals surface area (Å²) in [6.45, 7) is 5.43. The summed E-state index contributed by atoms with van der Waals surface area (Å²) in [6.07, 6.45) is 7.20. The molecule has 0 spiro atoms. The summed E-state index contributed by atoms with van der Waals surface area (Å²) in [5.74, 6) is -1.52. The van der Waals surface area contributed by atoms with Gasteiger partial charge in [-0.15, -0.1) is 23.5 Å². The van der Waals surface area contributed by atoms with Crippen molar-refractivity contribution in [3.8, 4) is 5.75 Å². The fraction of sp³-hybridized carbons (Fsp3) is 0.400. The Labute approximate surface area is 198 Å². The number of unbranched alkanes of at least 4 members (excludes halogenated alkanes) is 1. The number of thioether (sulfide) groups is 2. The third kappa shape index (κ3) is 5.62. The highest BCUT2D eigenvalue weighted by molar-refractivity contribution is 7.99. The van der Waals surface area contributed by atoms with Crippen molar-refractivity contribution >= 4 is 40.9 Å². The Bertz CT molecular complexity index is 967. The molecule has 0 bridgehead atoms. The minimum absolute atomic E-state index is 0.172. The van der Waals surface area contributed by atoms with Crippen LogP contribution >= 0.6 is 23.5 Å². The monoisotopic (exact) mass is 475 g/mol.